The third-order valence-corrected chi connectivity index (χ3v) is 6.16. The summed E-state index contributed by atoms with van der Waals surface area (Å²) in [5, 5.41) is 10.00. The van der Waals surface area contributed by atoms with Gasteiger partial charge in [0.25, 0.3) is 0 Å². The van der Waals surface area contributed by atoms with E-state index in [1.54, 1.807) is 30.2 Å². The molecule has 2 atom stereocenters. The van der Waals surface area contributed by atoms with Crippen LogP contribution in [0.15, 0.2) is 53.1 Å². The van der Waals surface area contributed by atoms with Crippen LogP contribution >= 0.6 is 0 Å². The Morgan fingerprint density at radius 3 is 2.62 bits per heavy atom. The van der Waals surface area contributed by atoms with Crippen molar-refractivity contribution in [2.75, 3.05) is 19.7 Å². The highest BCUT2D eigenvalue weighted by atomic mass is 16.6. The number of ether oxygens (including phenoxy) is 3. The molecule has 8 nitrogen and oxygen atoms in total. The van der Waals surface area contributed by atoms with Crippen molar-refractivity contribution in [1.82, 2.24) is 4.90 Å². The molecule has 1 aliphatic rings. The van der Waals surface area contributed by atoms with Gasteiger partial charge in [0.1, 0.15) is 23.0 Å². The summed E-state index contributed by atoms with van der Waals surface area (Å²) in [6.45, 7) is 8.65. The van der Waals surface area contributed by atoms with Crippen LogP contribution in [0.1, 0.15) is 56.7 Å². The Hall–Kier alpha value is -3.99. The minimum absolute atomic E-state index is 0.130. The summed E-state index contributed by atoms with van der Waals surface area (Å²) in [6, 6.07) is 14.8. The Bertz CT molecular complexity index is 1300. The molecular weight excluding hydrogens is 472 g/mol. The molecule has 3 aromatic rings. The van der Waals surface area contributed by atoms with Crippen LogP contribution in [0.25, 0.3) is 11.0 Å². The van der Waals surface area contributed by atoms with Gasteiger partial charge in [-0.2, -0.15) is 5.26 Å². The lowest BCUT2D eigenvalue weighted by molar-refractivity contribution is -0.144. The Morgan fingerprint density at radius 2 is 1.95 bits per heavy atom. The fourth-order valence-corrected chi connectivity index (χ4v) is 4.40. The lowest BCUT2D eigenvalue weighted by atomic mass is 9.91. The van der Waals surface area contributed by atoms with Crippen LogP contribution in [0.5, 0.6) is 5.75 Å². The van der Waals surface area contributed by atoms with Crippen LogP contribution < -0.4 is 4.74 Å². The summed E-state index contributed by atoms with van der Waals surface area (Å²) < 4.78 is 22.6. The van der Waals surface area contributed by atoms with Crippen molar-refractivity contribution in [3.63, 3.8) is 0 Å². The average Bonchev–Trinajstić information content (AvgIpc) is 3.49. The molecule has 37 heavy (non-hydrogen) atoms. The van der Waals surface area contributed by atoms with Crippen LogP contribution in [0.2, 0.25) is 0 Å². The van der Waals surface area contributed by atoms with Gasteiger partial charge < -0.3 is 23.5 Å². The number of hydrogen-bond acceptors (Lipinski definition) is 7. The quantitative estimate of drug-likeness (QED) is 0.387. The van der Waals surface area contributed by atoms with E-state index in [-0.39, 0.29) is 24.8 Å². The molecule has 1 amide bonds. The van der Waals surface area contributed by atoms with E-state index in [0.29, 0.717) is 42.8 Å². The first-order valence-corrected chi connectivity index (χ1v) is 12.5. The van der Waals surface area contributed by atoms with Gasteiger partial charge in [0.2, 0.25) is 0 Å². The first kappa shape index (κ1) is 26.1. The third-order valence-electron chi connectivity index (χ3n) is 6.16. The van der Waals surface area contributed by atoms with Gasteiger partial charge in [0.15, 0.2) is 0 Å². The summed E-state index contributed by atoms with van der Waals surface area (Å²) in [5.41, 5.74) is 2.25. The van der Waals surface area contributed by atoms with E-state index in [1.165, 1.54) is 0 Å². The number of nitrogens with zero attached hydrogens (tertiary/aromatic N) is 2. The molecule has 2 aromatic carbocycles. The number of benzene rings is 2. The number of furan rings is 1. The summed E-state index contributed by atoms with van der Waals surface area (Å²) in [5.74, 6) is -0.178. The number of fused-ring (bicyclic) bond motifs is 1. The van der Waals surface area contributed by atoms with Crippen LogP contribution in [-0.2, 0) is 20.7 Å². The molecule has 8 heteroatoms. The van der Waals surface area contributed by atoms with Gasteiger partial charge >= 0.3 is 12.1 Å². The molecule has 0 spiro atoms. The van der Waals surface area contributed by atoms with Gasteiger partial charge in [-0.15, -0.1) is 0 Å². The van der Waals surface area contributed by atoms with E-state index >= 15 is 0 Å². The smallest absolute Gasteiger partial charge is 0.410 e. The average molecular weight is 505 g/mol. The number of carbonyl (C=O) groups is 2. The Morgan fingerprint density at radius 1 is 1.19 bits per heavy atom. The number of nitriles is 1. The number of rotatable bonds is 7. The lowest BCUT2D eigenvalue weighted by Gasteiger charge is -2.24. The predicted octanol–water partition coefficient (Wildman–Crippen LogP) is 5.58. The SMILES string of the molecule is CCOC(=O)C(Cc1coc2cc(C#N)ccc12)c1ccc(O[C@H]2CCN(C(=O)OC(C)(C)C)C2)cc1. The van der Waals surface area contributed by atoms with Crippen molar-refractivity contribution in [3.05, 3.63) is 65.4 Å². The van der Waals surface area contributed by atoms with Gasteiger partial charge in [0.05, 0.1) is 37.0 Å². The molecule has 1 saturated heterocycles. The zero-order valence-corrected chi connectivity index (χ0v) is 21.7. The van der Waals surface area contributed by atoms with E-state index in [1.807, 2.05) is 51.1 Å². The highest BCUT2D eigenvalue weighted by molar-refractivity contribution is 5.84. The van der Waals surface area contributed by atoms with Gasteiger partial charge in [-0.05, 0) is 75.6 Å². The molecule has 0 bridgehead atoms. The summed E-state index contributed by atoms with van der Waals surface area (Å²) >= 11 is 0. The van der Waals surface area contributed by atoms with Crippen LogP contribution in [0, 0.1) is 11.3 Å². The van der Waals surface area contributed by atoms with E-state index in [0.717, 1.165) is 16.5 Å². The van der Waals surface area contributed by atoms with Crippen LogP contribution in [0.3, 0.4) is 0 Å². The maximum absolute atomic E-state index is 12.9. The molecule has 1 fully saturated rings. The molecule has 0 saturated carbocycles. The lowest BCUT2D eigenvalue weighted by Crippen LogP contribution is -2.36. The monoisotopic (exact) mass is 504 g/mol. The zero-order valence-electron chi connectivity index (χ0n) is 21.7. The molecule has 0 radical (unpaired) electrons. The fraction of sp³-hybridized carbons (Fsp3) is 0.414. The number of carbonyl (C=O) groups excluding carboxylic acids is 2. The van der Waals surface area contributed by atoms with Crippen molar-refractivity contribution in [2.24, 2.45) is 0 Å². The molecule has 194 valence electrons. The maximum Gasteiger partial charge on any atom is 0.410 e. The van der Waals surface area contributed by atoms with E-state index < -0.39 is 11.5 Å². The normalized spacial score (nSPS) is 16.3. The number of esters is 1. The molecule has 1 aromatic heterocycles. The first-order chi connectivity index (χ1) is 17.7. The van der Waals surface area contributed by atoms with E-state index in [4.69, 9.17) is 23.9 Å². The second kappa shape index (κ2) is 11.0. The Labute approximate surface area is 216 Å². The summed E-state index contributed by atoms with van der Waals surface area (Å²) in [4.78, 5) is 26.9. The van der Waals surface area contributed by atoms with Crippen molar-refractivity contribution in [1.29, 1.82) is 5.26 Å². The highest BCUT2D eigenvalue weighted by Gasteiger charge is 2.31. The van der Waals surface area contributed by atoms with Gasteiger partial charge in [-0.1, -0.05) is 12.1 Å². The highest BCUT2D eigenvalue weighted by Crippen LogP contribution is 2.30. The van der Waals surface area contributed by atoms with Gasteiger partial charge in [-0.3, -0.25) is 4.79 Å². The Balaban J connectivity index is 1.45. The fourth-order valence-electron chi connectivity index (χ4n) is 4.40. The minimum Gasteiger partial charge on any atom is -0.489 e. The van der Waals surface area contributed by atoms with E-state index in [9.17, 15) is 9.59 Å². The van der Waals surface area contributed by atoms with Gasteiger partial charge in [0, 0.05) is 18.4 Å². The third kappa shape index (κ3) is 6.42. The minimum atomic E-state index is -0.538. The standard InChI is InChI=1S/C29H32N2O6/c1-5-34-27(32)25(15-21-18-35-26-14-19(16-30)6-11-24(21)26)20-7-9-22(10-8-20)36-23-12-13-31(17-23)28(33)37-29(2,3)4/h6-11,14,18,23,25H,5,12-13,15,17H2,1-4H3/t23-,25?/m0/s1. The molecule has 4 rings (SSSR count). The second-order valence-electron chi connectivity index (χ2n) is 10.1. The van der Waals surface area contributed by atoms with Gasteiger partial charge in [-0.25, -0.2) is 4.79 Å². The summed E-state index contributed by atoms with van der Waals surface area (Å²) in [6.07, 6.45) is 2.28. The number of hydrogen-bond donors (Lipinski definition) is 0. The van der Waals surface area contributed by atoms with Crippen molar-refractivity contribution >= 4 is 23.0 Å². The number of likely N-dealkylation sites (tertiary alicyclic amines) is 1. The van der Waals surface area contributed by atoms with E-state index in [2.05, 4.69) is 6.07 Å². The van der Waals surface area contributed by atoms with Crippen molar-refractivity contribution < 1.29 is 28.2 Å². The Kier molecular flexibility index (Phi) is 7.72. The molecule has 0 aliphatic carbocycles. The first-order valence-electron chi connectivity index (χ1n) is 12.5. The number of amides is 1. The van der Waals surface area contributed by atoms with Crippen LogP contribution in [-0.4, -0.2) is 48.4 Å². The molecular formula is C29H32N2O6. The molecule has 1 aliphatic heterocycles. The molecule has 2 heterocycles. The van der Waals surface area contributed by atoms with Crippen molar-refractivity contribution in [2.45, 2.75) is 58.2 Å². The molecule has 1 unspecified atom stereocenters. The summed E-state index contributed by atoms with van der Waals surface area (Å²) in [7, 11) is 0. The topological polar surface area (TPSA) is 102 Å². The zero-order chi connectivity index (χ0) is 26.6. The largest absolute Gasteiger partial charge is 0.489 e. The van der Waals surface area contributed by atoms with Crippen LogP contribution in [0.4, 0.5) is 4.79 Å². The maximum atomic E-state index is 12.9. The predicted molar refractivity (Wildman–Crippen MR) is 137 cm³/mol. The second-order valence-corrected chi connectivity index (χ2v) is 10.1. The molecule has 0 N–H and O–H groups in total. The van der Waals surface area contributed by atoms with Crippen molar-refractivity contribution in [3.8, 4) is 11.8 Å².